The highest BCUT2D eigenvalue weighted by atomic mass is 16.3. The smallest absolute Gasteiger partial charge is 0.297 e. The van der Waals surface area contributed by atoms with Gasteiger partial charge in [0.2, 0.25) is 0 Å². The highest BCUT2D eigenvalue weighted by molar-refractivity contribution is 7.00. The second-order valence-corrected chi connectivity index (χ2v) is 30.6. The first-order valence-electron chi connectivity index (χ1n) is 29.4. The van der Waals surface area contributed by atoms with Gasteiger partial charge in [-0.2, -0.15) is 0 Å². The van der Waals surface area contributed by atoms with Crippen molar-refractivity contribution < 1.29 is 4.42 Å². The predicted molar refractivity (Wildman–Crippen MR) is 326 cm³/mol. The van der Waals surface area contributed by atoms with E-state index in [1.54, 1.807) is 5.56 Å². The minimum absolute atomic E-state index is 0.00761. The molecule has 2 aliphatic heterocycles. The lowest BCUT2D eigenvalue weighted by Crippen LogP contribution is -2.61. The van der Waals surface area contributed by atoms with Gasteiger partial charge < -0.3 is 14.2 Å². The standard InChI is InChI=1S/C72H85BN2O/c1-42-33-58-61-59(34-42)75(62-43(2)35-46(66(6,7)8)36-48(62)44-19-21-45(22-20-44)65(3,4)5)57-40-53-52(69(13,14)27-28-70(53,15)16)39-56(57)73(61)64-63(74(58)47-23-24-50-51(37-47)68(11,12)26-25-67(50,9)10)49-38-54-55(41-60(49)76-64)72(18)31-29-71(54,17)30-32-72/h19-24,33-41H,25-32H2,1-18H3. The van der Waals surface area contributed by atoms with E-state index in [2.05, 4.69) is 225 Å². The maximum absolute atomic E-state index is 7.84. The van der Waals surface area contributed by atoms with Gasteiger partial charge in [-0.25, -0.2) is 0 Å². The molecule has 1 fully saturated rings. The van der Waals surface area contributed by atoms with Crippen LogP contribution >= 0.6 is 0 Å². The summed E-state index contributed by atoms with van der Waals surface area (Å²) in [5.74, 6) is 0. The van der Waals surface area contributed by atoms with Crippen LogP contribution in [0.2, 0.25) is 0 Å². The Labute approximate surface area is 457 Å². The fourth-order valence-corrected chi connectivity index (χ4v) is 15.7. The molecule has 1 saturated carbocycles. The van der Waals surface area contributed by atoms with E-state index in [0.29, 0.717) is 0 Å². The molecule has 3 nitrogen and oxygen atoms in total. The lowest BCUT2D eigenvalue weighted by atomic mass is 9.35. The van der Waals surface area contributed by atoms with E-state index in [1.165, 1.54) is 150 Å². The zero-order valence-corrected chi connectivity index (χ0v) is 49.7. The molecular formula is C72H85BN2O. The third-order valence-electron chi connectivity index (χ3n) is 21.2. The largest absolute Gasteiger partial charge is 0.468 e. The van der Waals surface area contributed by atoms with Crippen LogP contribution in [0.3, 0.4) is 0 Å². The van der Waals surface area contributed by atoms with Crippen LogP contribution in [-0.4, -0.2) is 6.71 Å². The summed E-state index contributed by atoms with van der Waals surface area (Å²) in [6, 6.07) is 37.7. The molecule has 5 aliphatic carbocycles. The molecule has 0 atom stereocenters. The van der Waals surface area contributed by atoms with Gasteiger partial charge in [-0.1, -0.05) is 153 Å². The Hall–Kier alpha value is -5.48. The molecule has 0 spiro atoms. The van der Waals surface area contributed by atoms with Crippen molar-refractivity contribution in [3.8, 4) is 11.1 Å². The molecule has 0 saturated heterocycles. The van der Waals surface area contributed by atoms with Gasteiger partial charge in [0.1, 0.15) is 5.58 Å². The van der Waals surface area contributed by atoms with Crippen molar-refractivity contribution in [2.45, 2.75) is 219 Å². The first-order valence-corrected chi connectivity index (χ1v) is 29.4. The number of aryl methyl sites for hydroxylation is 2. The number of rotatable bonds is 3. The molecule has 3 heterocycles. The predicted octanol–water partition coefficient (Wildman–Crippen LogP) is 18.2. The van der Waals surface area contributed by atoms with Gasteiger partial charge in [-0.15, -0.1) is 0 Å². The molecule has 7 aliphatic rings. The average molecular weight is 1010 g/mol. The summed E-state index contributed by atoms with van der Waals surface area (Å²) in [6.07, 6.45) is 9.64. The number of fused-ring (bicyclic) bond motifs is 10. The highest BCUT2D eigenvalue weighted by Crippen LogP contribution is 2.59. The Bertz CT molecular complexity index is 3630. The minimum atomic E-state index is -0.127. The van der Waals surface area contributed by atoms with Crippen LogP contribution in [0.15, 0.2) is 95.4 Å². The molecule has 6 aromatic carbocycles. The van der Waals surface area contributed by atoms with Crippen LogP contribution < -0.4 is 26.4 Å². The maximum Gasteiger partial charge on any atom is 0.297 e. The molecule has 7 aromatic rings. The topological polar surface area (TPSA) is 19.6 Å². The van der Waals surface area contributed by atoms with Crippen molar-refractivity contribution in [3.05, 3.63) is 147 Å². The van der Waals surface area contributed by atoms with Crippen LogP contribution in [0.1, 0.15) is 218 Å². The maximum atomic E-state index is 7.84. The normalized spacial score (nSPS) is 23.2. The lowest BCUT2D eigenvalue weighted by molar-refractivity contribution is 0.188. The molecule has 76 heavy (non-hydrogen) atoms. The Morgan fingerprint density at radius 3 is 1.57 bits per heavy atom. The van der Waals surface area contributed by atoms with Gasteiger partial charge in [-0.3, -0.25) is 0 Å². The minimum Gasteiger partial charge on any atom is -0.468 e. The molecule has 392 valence electrons. The van der Waals surface area contributed by atoms with Crippen molar-refractivity contribution in [3.63, 3.8) is 0 Å². The third-order valence-corrected chi connectivity index (χ3v) is 21.2. The number of hydrogen-bond acceptors (Lipinski definition) is 3. The van der Waals surface area contributed by atoms with Crippen molar-refractivity contribution in [1.82, 2.24) is 0 Å². The van der Waals surface area contributed by atoms with E-state index < -0.39 is 0 Å². The number of benzene rings is 6. The summed E-state index contributed by atoms with van der Waals surface area (Å²) >= 11 is 0. The second-order valence-electron chi connectivity index (χ2n) is 30.6. The molecule has 14 rings (SSSR count). The molecular weight excluding hydrogens is 920 g/mol. The molecule has 0 radical (unpaired) electrons. The lowest BCUT2D eigenvalue weighted by Gasteiger charge is -2.52. The van der Waals surface area contributed by atoms with E-state index >= 15 is 0 Å². The summed E-state index contributed by atoms with van der Waals surface area (Å²) in [5, 5.41) is 1.26. The van der Waals surface area contributed by atoms with E-state index in [0.717, 1.165) is 24.1 Å². The van der Waals surface area contributed by atoms with Crippen LogP contribution in [0.25, 0.3) is 22.1 Å². The first-order chi connectivity index (χ1) is 35.4. The van der Waals surface area contributed by atoms with Gasteiger partial charge in [-0.05, 0) is 229 Å². The van der Waals surface area contributed by atoms with Crippen LogP contribution in [0.4, 0.5) is 34.1 Å². The molecule has 4 heteroatoms. The third kappa shape index (κ3) is 7.12. The van der Waals surface area contributed by atoms with Gasteiger partial charge in [0, 0.05) is 33.7 Å². The number of nitrogens with zero attached hydrogens (tertiary/aromatic N) is 2. The Morgan fingerprint density at radius 1 is 0.461 bits per heavy atom. The van der Waals surface area contributed by atoms with Crippen LogP contribution in [0, 0.1) is 13.8 Å². The summed E-state index contributed by atoms with van der Waals surface area (Å²) < 4.78 is 7.84. The first kappa shape index (κ1) is 50.1. The van der Waals surface area contributed by atoms with Crippen LogP contribution in [0.5, 0.6) is 0 Å². The zero-order valence-electron chi connectivity index (χ0n) is 49.7. The summed E-state index contributed by atoms with van der Waals surface area (Å²) in [4.78, 5) is 5.43. The van der Waals surface area contributed by atoms with Gasteiger partial charge in [0.25, 0.3) is 6.71 Å². The summed E-state index contributed by atoms with van der Waals surface area (Å²) in [6.45, 7) is 43.6. The van der Waals surface area contributed by atoms with E-state index in [-0.39, 0.29) is 50.0 Å². The molecule has 0 amide bonds. The molecule has 1 aromatic heterocycles. The molecule has 2 bridgehead atoms. The monoisotopic (exact) mass is 1000 g/mol. The Morgan fingerprint density at radius 2 is 0.987 bits per heavy atom. The summed E-state index contributed by atoms with van der Waals surface area (Å²) in [5.41, 5.74) is 29.7. The second kappa shape index (κ2) is 15.6. The quantitative estimate of drug-likeness (QED) is 0.164. The Kier molecular flexibility index (Phi) is 10.3. The van der Waals surface area contributed by atoms with E-state index in [4.69, 9.17) is 4.42 Å². The van der Waals surface area contributed by atoms with Crippen LogP contribution in [-0.2, 0) is 43.3 Å². The highest BCUT2D eigenvalue weighted by Gasteiger charge is 2.52. The van der Waals surface area contributed by atoms with E-state index in [1.807, 2.05) is 0 Å². The molecule has 0 N–H and O–H groups in total. The molecule has 0 unspecified atom stereocenters. The van der Waals surface area contributed by atoms with Gasteiger partial charge >= 0.3 is 0 Å². The van der Waals surface area contributed by atoms with Crippen molar-refractivity contribution in [2.75, 3.05) is 9.80 Å². The van der Waals surface area contributed by atoms with Crippen molar-refractivity contribution in [2.24, 2.45) is 0 Å². The van der Waals surface area contributed by atoms with Gasteiger partial charge in [0.05, 0.1) is 17.0 Å². The Balaban J connectivity index is 1.17. The van der Waals surface area contributed by atoms with E-state index in [9.17, 15) is 0 Å². The van der Waals surface area contributed by atoms with Gasteiger partial charge in [0.15, 0.2) is 0 Å². The fraction of sp³-hybridized carbons (Fsp3) is 0.472. The van der Waals surface area contributed by atoms with Crippen molar-refractivity contribution in [1.29, 1.82) is 0 Å². The zero-order chi connectivity index (χ0) is 54.0. The average Bonchev–Trinajstić information content (AvgIpc) is 3.86. The SMILES string of the molecule is Cc1cc2c3c(c1)N(c1ccc4c(c1)C(C)(C)CCC4(C)C)c1c(oc4cc5c(cc14)C1(C)CCC5(C)CC1)B3c1cc3c(cc1N2c1c(C)cc(C(C)(C)C)cc1-c1ccc(C(C)(C)C)cc1)C(C)(C)CCC3(C)C. The number of hydrogen-bond donors (Lipinski definition) is 0. The van der Waals surface area contributed by atoms with Crippen molar-refractivity contribution >= 4 is 68.4 Å². The number of furan rings is 1. The fourth-order valence-electron chi connectivity index (χ4n) is 15.7. The summed E-state index contributed by atoms with van der Waals surface area (Å²) in [7, 11) is 0. The number of anilines is 6.